The topological polar surface area (TPSA) is 113 Å². The van der Waals surface area contributed by atoms with E-state index in [0.717, 1.165) is 11.3 Å². The molecule has 1 atom stereocenters. The number of nitro groups is 1. The van der Waals surface area contributed by atoms with Crippen molar-refractivity contribution in [1.29, 1.82) is 0 Å². The smallest absolute Gasteiger partial charge is 0.410 e. The number of hydrogen-bond acceptors (Lipinski definition) is 7. The maximum absolute atomic E-state index is 12.0. The molecular formula is C13H20N2O6S. The summed E-state index contributed by atoms with van der Waals surface area (Å²) >= 11 is 0.844. The van der Waals surface area contributed by atoms with E-state index < -0.39 is 22.7 Å². The van der Waals surface area contributed by atoms with E-state index in [-0.39, 0.29) is 24.7 Å². The molecule has 1 amide bonds. The van der Waals surface area contributed by atoms with E-state index in [4.69, 9.17) is 9.84 Å². The molecule has 9 heteroatoms. The molecule has 0 aromatic carbocycles. The van der Waals surface area contributed by atoms with Gasteiger partial charge in [0.25, 0.3) is 0 Å². The Morgan fingerprint density at radius 1 is 1.50 bits per heavy atom. The van der Waals surface area contributed by atoms with E-state index in [0.29, 0.717) is 4.88 Å². The molecule has 0 radical (unpaired) electrons. The zero-order valence-electron chi connectivity index (χ0n) is 12.7. The van der Waals surface area contributed by atoms with E-state index >= 15 is 0 Å². The van der Waals surface area contributed by atoms with Gasteiger partial charge < -0.3 is 19.8 Å². The SMILES string of the molecule is CC(C)(C)OC(=O)N(CCO)CC(O)c1ccc([N+](=O)[O-])s1. The first-order valence-electron chi connectivity index (χ1n) is 6.65. The Bertz CT molecular complexity index is 525. The van der Waals surface area contributed by atoms with Crippen LogP contribution < -0.4 is 0 Å². The Hall–Kier alpha value is -1.71. The van der Waals surface area contributed by atoms with Crippen molar-refractivity contribution in [3.05, 3.63) is 27.1 Å². The van der Waals surface area contributed by atoms with E-state index in [1.54, 1.807) is 20.8 Å². The minimum atomic E-state index is -1.09. The number of carbonyl (C=O) groups excluding carboxylic acids is 1. The Morgan fingerprint density at radius 3 is 2.59 bits per heavy atom. The molecule has 0 saturated carbocycles. The van der Waals surface area contributed by atoms with Gasteiger partial charge in [-0.1, -0.05) is 11.3 Å². The molecule has 0 fully saturated rings. The third-order valence-electron chi connectivity index (χ3n) is 2.54. The number of rotatable bonds is 6. The van der Waals surface area contributed by atoms with Gasteiger partial charge in [-0.05, 0) is 26.8 Å². The van der Waals surface area contributed by atoms with Crippen molar-refractivity contribution >= 4 is 22.4 Å². The van der Waals surface area contributed by atoms with Gasteiger partial charge in [0.05, 0.1) is 18.1 Å². The fourth-order valence-electron chi connectivity index (χ4n) is 1.62. The first-order chi connectivity index (χ1) is 10.1. The van der Waals surface area contributed by atoms with Gasteiger partial charge in [-0.3, -0.25) is 10.1 Å². The monoisotopic (exact) mass is 332 g/mol. The predicted molar refractivity (Wildman–Crippen MR) is 80.8 cm³/mol. The number of ether oxygens (including phenoxy) is 1. The molecule has 1 aromatic heterocycles. The molecule has 0 aliphatic heterocycles. The average Bonchev–Trinajstić information content (AvgIpc) is 2.85. The summed E-state index contributed by atoms with van der Waals surface area (Å²) in [5, 5.41) is 29.7. The Morgan fingerprint density at radius 2 is 2.14 bits per heavy atom. The van der Waals surface area contributed by atoms with Gasteiger partial charge in [-0.15, -0.1) is 0 Å². The number of carbonyl (C=O) groups is 1. The highest BCUT2D eigenvalue weighted by atomic mass is 32.1. The fourth-order valence-corrected chi connectivity index (χ4v) is 2.42. The summed E-state index contributed by atoms with van der Waals surface area (Å²) in [6.45, 7) is 4.73. The fraction of sp³-hybridized carbons (Fsp3) is 0.615. The van der Waals surface area contributed by atoms with Crippen molar-refractivity contribution in [3.63, 3.8) is 0 Å². The van der Waals surface area contributed by atoms with Crippen LogP contribution >= 0.6 is 11.3 Å². The van der Waals surface area contributed by atoms with Gasteiger partial charge in [-0.2, -0.15) is 0 Å². The van der Waals surface area contributed by atoms with Crippen LogP contribution in [0.25, 0.3) is 0 Å². The van der Waals surface area contributed by atoms with E-state index in [9.17, 15) is 20.0 Å². The molecule has 0 bridgehead atoms. The zero-order valence-corrected chi connectivity index (χ0v) is 13.5. The number of thiophene rings is 1. The van der Waals surface area contributed by atoms with E-state index in [1.807, 2.05) is 0 Å². The van der Waals surface area contributed by atoms with Gasteiger partial charge in [0.2, 0.25) is 0 Å². The highest BCUT2D eigenvalue weighted by Gasteiger charge is 2.25. The number of hydrogen-bond donors (Lipinski definition) is 2. The minimum Gasteiger partial charge on any atom is -0.444 e. The second-order valence-electron chi connectivity index (χ2n) is 5.60. The van der Waals surface area contributed by atoms with Crippen LogP contribution in [0.2, 0.25) is 0 Å². The highest BCUT2D eigenvalue weighted by molar-refractivity contribution is 7.15. The van der Waals surface area contributed by atoms with Gasteiger partial charge in [0.1, 0.15) is 11.7 Å². The van der Waals surface area contributed by atoms with Crippen molar-refractivity contribution < 1.29 is 24.7 Å². The quantitative estimate of drug-likeness (QED) is 0.608. The maximum Gasteiger partial charge on any atom is 0.410 e. The number of nitrogens with zero attached hydrogens (tertiary/aromatic N) is 2. The predicted octanol–water partition coefficient (Wildman–Crippen LogP) is 1.92. The van der Waals surface area contributed by atoms with Crippen molar-refractivity contribution in [2.75, 3.05) is 19.7 Å². The molecule has 1 heterocycles. The lowest BCUT2D eigenvalue weighted by Gasteiger charge is -2.28. The van der Waals surface area contributed by atoms with Crippen molar-refractivity contribution in [3.8, 4) is 0 Å². The molecule has 8 nitrogen and oxygen atoms in total. The first kappa shape index (κ1) is 18.3. The molecular weight excluding hydrogens is 312 g/mol. The van der Waals surface area contributed by atoms with Crippen LogP contribution in [0, 0.1) is 10.1 Å². The molecule has 0 aliphatic carbocycles. The largest absolute Gasteiger partial charge is 0.444 e. The summed E-state index contributed by atoms with van der Waals surface area (Å²) < 4.78 is 5.19. The second-order valence-corrected chi connectivity index (χ2v) is 6.69. The first-order valence-corrected chi connectivity index (χ1v) is 7.46. The van der Waals surface area contributed by atoms with E-state index in [2.05, 4.69) is 0 Å². The number of amides is 1. The van der Waals surface area contributed by atoms with Crippen LogP contribution in [0.3, 0.4) is 0 Å². The summed E-state index contributed by atoms with van der Waals surface area (Å²) in [6, 6.07) is 2.74. The molecule has 1 aromatic rings. The van der Waals surface area contributed by atoms with Crippen LogP contribution in [0.15, 0.2) is 12.1 Å². The van der Waals surface area contributed by atoms with Crippen molar-refractivity contribution in [2.45, 2.75) is 32.5 Å². The van der Waals surface area contributed by atoms with E-state index in [1.165, 1.54) is 17.0 Å². The number of aliphatic hydroxyl groups excluding tert-OH is 2. The van der Waals surface area contributed by atoms with Crippen LogP contribution in [0.1, 0.15) is 31.8 Å². The lowest BCUT2D eigenvalue weighted by molar-refractivity contribution is -0.380. The van der Waals surface area contributed by atoms with Gasteiger partial charge in [0, 0.05) is 17.5 Å². The zero-order chi connectivity index (χ0) is 16.9. The molecule has 22 heavy (non-hydrogen) atoms. The van der Waals surface area contributed by atoms with Gasteiger partial charge in [-0.25, -0.2) is 4.79 Å². The molecule has 2 N–H and O–H groups in total. The Balaban J connectivity index is 2.76. The lowest BCUT2D eigenvalue weighted by atomic mass is 10.2. The Labute approximate surface area is 132 Å². The maximum atomic E-state index is 12.0. The van der Waals surface area contributed by atoms with Crippen LogP contribution in [-0.2, 0) is 4.74 Å². The lowest BCUT2D eigenvalue weighted by Crippen LogP contribution is -2.40. The number of aliphatic hydroxyl groups is 2. The Kier molecular flexibility index (Phi) is 6.27. The molecule has 1 unspecified atom stereocenters. The third-order valence-corrected chi connectivity index (χ3v) is 3.67. The summed E-state index contributed by atoms with van der Waals surface area (Å²) in [5.74, 6) is 0. The van der Waals surface area contributed by atoms with Crippen molar-refractivity contribution in [2.24, 2.45) is 0 Å². The normalized spacial score (nSPS) is 12.8. The van der Waals surface area contributed by atoms with Crippen molar-refractivity contribution in [1.82, 2.24) is 4.90 Å². The second kappa shape index (κ2) is 7.52. The molecule has 0 aliphatic rings. The summed E-state index contributed by atoms with van der Waals surface area (Å²) in [6.07, 6.45) is -1.75. The third kappa shape index (κ3) is 5.58. The standard InChI is InChI=1S/C13H20N2O6S/c1-13(2,3)21-12(18)14(6-7-16)8-9(17)10-4-5-11(22-10)15(19)20/h4-5,9,16-17H,6-8H2,1-3H3. The minimum absolute atomic E-state index is 0.000554. The highest BCUT2D eigenvalue weighted by Crippen LogP contribution is 2.29. The summed E-state index contributed by atoms with van der Waals surface area (Å²) in [4.78, 5) is 23.6. The van der Waals surface area contributed by atoms with Gasteiger partial charge >= 0.3 is 11.1 Å². The molecule has 124 valence electrons. The van der Waals surface area contributed by atoms with Crippen LogP contribution in [0.4, 0.5) is 9.80 Å². The van der Waals surface area contributed by atoms with Gasteiger partial charge in [0.15, 0.2) is 0 Å². The van der Waals surface area contributed by atoms with Crippen LogP contribution in [-0.4, -0.2) is 51.4 Å². The molecule has 0 spiro atoms. The summed E-state index contributed by atoms with van der Waals surface area (Å²) in [5.41, 5.74) is -0.697. The molecule has 0 saturated heterocycles. The summed E-state index contributed by atoms with van der Waals surface area (Å²) in [7, 11) is 0. The van der Waals surface area contributed by atoms with Crippen LogP contribution in [0.5, 0.6) is 0 Å². The molecule has 1 rings (SSSR count). The average molecular weight is 332 g/mol.